The van der Waals surface area contributed by atoms with E-state index in [2.05, 4.69) is 15.9 Å². The van der Waals surface area contributed by atoms with Crippen LogP contribution in [-0.2, 0) is 10.0 Å². The molecule has 0 bridgehead atoms. The summed E-state index contributed by atoms with van der Waals surface area (Å²) in [5.74, 6) is -0.00575. The Bertz CT molecular complexity index is 512. The number of sulfonamides is 1. The number of rotatable bonds is 4. The van der Waals surface area contributed by atoms with Crippen LogP contribution in [0.4, 0.5) is 0 Å². The summed E-state index contributed by atoms with van der Waals surface area (Å²) in [6.45, 7) is 0. The standard InChI is InChI=1S/C9H10BrNO4S/c1-15-9-4-6(16(11,13)14)2-3-7(9)8(12)5-10/h2-4H,5H2,1H3,(H2,11,13,14). The van der Waals surface area contributed by atoms with Crippen LogP contribution in [0.5, 0.6) is 5.75 Å². The maximum atomic E-state index is 11.4. The van der Waals surface area contributed by atoms with Crippen molar-refractivity contribution in [1.29, 1.82) is 0 Å². The molecular formula is C9H10BrNO4S. The Hall–Kier alpha value is -0.920. The summed E-state index contributed by atoms with van der Waals surface area (Å²) in [5.41, 5.74) is 0.312. The Balaban J connectivity index is 3.33. The SMILES string of the molecule is COc1cc(S(N)(=O)=O)ccc1C(=O)CBr. The number of ether oxygens (including phenoxy) is 1. The number of methoxy groups -OCH3 is 1. The molecule has 0 atom stereocenters. The predicted octanol–water partition coefficient (Wildman–Crippen LogP) is 0.920. The lowest BCUT2D eigenvalue weighted by molar-refractivity contribution is 0.102. The van der Waals surface area contributed by atoms with Crippen molar-refractivity contribution in [3.63, 3.8) is 0 Å². The van der Waals surface area contributed by atoms with Crippen molar-refractivity contribution >= 4 is 31.7 Å². The summed E-state index contributed by atoms with van der Waals surface area (Å²) < 4.78 is 27.1. The fraction of sp³-hybridized carbons (Fsp3) is 0.222. The van der Waals surface area contributed by atoms with Crippen LogP contribution in [0.15, 0.2) is 23.1 Å². The molecule has 88 valence electrons. The van der Waals surface area contributed by atoms with Crippen LogP contribution >= 0.6 is 15.9 Å². The van der Waals surface area contributed by atoms with Crippen molar-refractivity contribution in [2.45, 2.75) is 4.90 Å². The van der Waals surface area contributed by atoms with Gasteiger partial charge in [-0.2, -0.15) is 0 Å². The zero-order chi connectivity index (χ0) is 12.3. The van der Waals surface area contributed by atoms with Crippen molar-refractivity contribution < 1.29 is 17.9 Å². The van der Waals surface area contributed by atoms with E-state index < -0.39 is 10.0 Å². The van der Waals surface area contributed by atoms with Gasteiger partial charge < -0.3 is 4.74 Å². The van der Waals surface area contributed by atoms with E-state index in [0.29, 0.717) is 5.56 Å². The van der Waals surface area contributed by atoms with Gasteiger partial charge in [0.25, 0.3) is 0 Å². The zero-order valence-electron chi connectivity index (χ0n) is 8.44. The third kappa shape index (κ3) is 2.81. The first kappa shape index (κ1) is 13.1. The number of hydrogen-bond donors (Lipinski definition) is 1. The first-order valence-corrected chi connectivity index (χ1v) is 6.87. The number of Topliss-reactive ketones (excluding diaryl/α,β-unsaturated/α-hetero) is 1. The van der Waals surface area contributed by atoms with E-state index in [1.54, 1.807) is 0 Å². The highest BCUT2D eigenvalue weighted by Crippen LogP contribution is 2.23. The minimum absolute atomic E-state index is 0.0875. The maximum Gasteiger partial charge on any atom is 0.238 e. The molecule has 1 aromatic rings. The summed E-state index contributed by atoms with van der Waals surface area (Å²) in [5, 5.41) is 5.10. The zero-order valence-corrected chi connectivity index (χ0v) is 10.8. The largest absolute Gasteiger partial charge is 0.496 e. The van der Waals surface area contributed by atoms with Crippen LogP contribution in [0.25, 0.3) is 0 Å². The summed E-state index contributed by atoms with van der Waals surface area (Å²) in [4.78, 5) is 11.4. The second-order valence-corrected chi connectivity index (χ2v) is 5.09. The van der Waals surface area contributed by atoms with Gasteiger partial charge >= 0.3 is 0 Å². The molecule has 0 saturated carbocycles. The van der Waals surface area contributed by atoms with Crippen molar-refractivity contribution in [1.82, 2.24) is 0 Å². The van der Waals surface area contributed by atoms with Crippen molar-refractivity contribution in [2.24, 2.45) is 5.14 Å². The smallest absolute Gasteiger partial charge is 0.238 e. The monoisotopic (exact) mass is 307 g/mol. The normalized spacial score (nSPS) is 11.2. The van der Waals surface area contributed by atoms with E-state index in [1.807, 2.05) is 0 Å². The van der Waals surface area contributed by atoms with Crippen LogP contribution in [0, 0.1) is 0 Å². The number of carbonyl (C=O) groups is 1. The third-order valence-electron chi connectivity index (χ3n) is 1.92. The molecule has 0 aliphatic rings. The number of hydrogen-bond acceptors (Lipinski definition) is 4. The summed E-state index contributed by atoms with van der Waals surface area (Å²) in [7, 11) is -2.43. The van der Waals surface area contributed by atoms with Gasteiger partial charge in [-0.1, -0.05) is 15.9 Å². The molecule has 1 rings (SSSR count). The van der Waals surface area contributed by atoms with Gasteiger partial charge in [-0.3, -0.25) is 4.79 Å². The highest BCUT2D eigenvalue weighted by Gasteiger charge is 2.15. The van der Waals surface area contributed by atoms with E-state index in [9.17, 15) is 13.2 Å². The van der Waals surface area contributed by atoms with Gasteiger partial charge in [0, 0.05) is 6.07 Å². The van der Waals surface area contributed by atoms with Gasteiger partial charge in [-0.05, 0) is 12.1 Å². The van der Waals surface area contributed by atoms with Crippen molar-refractivity contribution in [2.75, 3.05) is 12.4 Å². The van der Waals surface area contributed by atoms with Crippen LogP contribution in [0.2, 0.25) is 0 Å². The molecule has 0 radical (unpaired) electrons. The van der Waals surface area contributed by atoms with Crippen LogP contribution in [0.1, 0.15) is 10.4 Å². The molecular weight excluding hydrogens is 298 g/mol. The molecule has 0 saturated heterocycles. The molecule has 0 aliphatic heterocycles. The summed E-state index contributed by atoms with van der Waals surface area (Å²) in [6, 6.07) is 3.88. The molecule has 0 aliphatic carbocycles. The molecule has 2 N–H and O–H groups in total. The van der Waals surface area contributed by atoms with Gasteiger partial charge in [0.2, 0.25) is 10.0 Å². The first-order chi connectivity index (χ1) is 7.40. The summed E-state index contributed by atoms with van der Waals surface area (Å²) in [6.07, 6.45) is 0. The Labute approximate surface area is 102 Å². The molecule has 1 aromatic carbocycles. The van der Waals surface area contributed by atoms with Gasteiger partial charge in [-0.25, -0.2) is 13.6 Å². The number of alkyl halides is 1. The van der Waals surface area contributed by atoms with Crippen LogP contribution in [-0.4, -0.2) is 26.6 Å². The molecule has 16 heavy (non-hydrogen) atoms. The van der Waals surface area contributed by atoms with Gasteiger partial charge in [0.1, 0.15) is 5.75 Å². The minimum atomic E-state index is -3.79. The van der Waals surface area contributed by atoms with E-state index in [1.165, 1.54) is 25.3 Å². The second-order valence-electron chi connectivity index (χ2n) is 2.96. The van der Waals surface area contributed by atoms with Crippen molar-refractivity contribution in [3.05, 3.63) is 23.8 Å². The van der Waals surface area contributed by atoms with Gasteiger partial charge in [0.05, 0.1) is 22.9 Å². The fourth-order valence-corrected chi connectivity index (χ4v) is 1.98. The number of benzene rings is 1. The number of primary sulfonamides is 1. The molecule has 0 spiro atoms. The number of ketones is 1. The fourth-order valence-electron chi connectivity index (χ4n) is 1.15. The lowest BCUT2D eigenvalue weighted by Crippen LogP contribution is -2.13. The molecule has 0 heterocycles. The van der Waals surface area contributed by atoms with E-state index in [-0.39, 0.29) is 21.8 Å². The highest BCUT2D eigenvalue weighted by atomic mass is 79.9. The third-order valence-corrected chi connectivity index (χ3v) is 3.34. The van der Waals surface area contributed by atoms with Gasteiger partial charge in [0.15, 0.2) is 5.78 Å². The minimum Gasteiger partial charge on any atom is -0.496 e. The number of halogens is 1. The second kappa shape index (κ2) is 4.94. The van der Waals surface area contributed by atoms with E-state index in [0.717, 1.165) is 0 Å². The Morgan fingerprint density at radius 1 is 1.50 bits per heavy atom. The molecule has 0 fully saturated rings. The Kier molecular flexibility index (Phi) is 4.06. The quantitative estimate of drug-likeness (QED) is 0.662. The molecule has 0 aromatic heterocycles. The molecule has 0 amide bonds. The van der Waals surface area contributed by atoms with Crippen LogP contribution in [0.3, 0.4) is 0 Å². The maximum absolute atomic E-state index is 11.4. The lowest BCUT2D eigenvalue weighted by Gasteiger charge is -2.07. The lowest BCUT2D eigenvalue weighted by atomic mass is 10.1. The number of carbonyl (C=O) groups excluding carboxylic acids is 1. The number of nitrogens with two attached hydrogens (primary N) is 1. The van der Waals surface area contributed by atoms with E-state index >= 15 is 0 Å². The van der Waals surface area contributed by atoms with Crippen LogP contribution < -0.4 is 9.88 Å². The highest BCUT2D eigenvalue weighted by molar-refractivity contribution is 9.09. The predicted molar refractivity (Wildman–Crippen MR) is 62.5 cm³/mol. The molecule has 0 unspecified atom stereocenters. The Morgan fingerprint density at radius 2 is 2.12 bits per heavy atom. The summed E-state index contributed by atoms with van der Waals surface area (Å²) >= 11 is 3.02. The molecule has 7 heteroatoms. The van der Waals surface area contributed by atoms with Gasteiger partial charge in [-0.15, -0.1) is 0 Å². The first-order valence-electron chi connectivity index (χ1n) is 4.20. The Morgan fingerprint density at radius 3 is 2.56 bits per heavy atom. The molecule has 5 nitrogen and oxygen atoms in total. The average molecular weight is 308 g/mol. The van der Waals surface area contributed by atoms with Crippen molar-refractivity contribution in [3.8, 4) is 5.75 Å². The van der Waals surface area contributed by atoms with E-state index in [4.69, 9.17) is 9.88 Å². The average Bonchev–Trinajstić information content (AvgIpc) is 2.26. The topological polar surface area (TPSA) is 86.5 Å².